The van der Waals surface area contributed by atoms with Crippen LogP contribution in [-0.2, 0) is 0 Å². The second-order valence-corrected chi connectivity index (χ2v) is 4.55. The van der Waals surface area contributed by atoms with Crippen molar-refractivity contribution >= 4 is 27.7 Å². The Labute approximate surface area is 112 Å². The normalized spacial score (nSPS) is 11.4. The van der Waals surface area contributed by atoms with Gasteiger partial charge in [0.25, 0.3) is 5.91 Å². The van der Waals surface area contributed by atoms with Gasteiger partial charge in [-0.25, -0.2) is 4.39 Å². The molecule has 0 fully saturated rings. The number of carbonyl (C=O) groups excluding carboxylic acids is 1. The number of rotatable bonds is 4. The predicted molar refractivity (Wildman–Crippen MR) is 69.1 cm³/mol. The zero-order chi connectivity index (χ0) is 13.7. The summed E-state index contributed by atoms with van der Waals surface area (Å²) in [4.78, 5) is 13.4. The van der Waals surface area contributed by atoms with Crippen molar-refractivity contribution in [1.29, 1.82) is 0 Å². The number of carbonyl (C=O) groups is 1. The number of benzene rings is 1. The topological polar surface area (TPSA) is 78.9 Å². The van der Waals surface area contributed by atoms with Crippen LogP contribution in [0.2, 0.25) is 0 Å². The minimum atomic E-state index is -0.425. The van der Waals surface area contributed by atoms with E-state index >= 15 is 0 Å². The standard InChI is InChI=1S/C11H13BrFN3O2/c1-16(5-4-10(14)15-18)11(17)7-2-3-9(13)8(12)6-7/h2-3,6,18H,4-5H2,1H3,(H2,14,15). The molecule has 0 aromatic heterocycles. The lowest BCUT2D eigenvalue weighted by Crippen LogP contribution is -2.30. The van der Waals surface area contributed by atoms with Gasteiger partial charge in [0, 0.05) is 25.6 Å². The van der Waals surface area contributed by atoms with Crippen molar-refractivity contribution in [3.05, 3.63) is 34.1 Å². The fraction of sp³-hybridized carbons (Fsp3) is 0.273. The van der Waals surface area contributed by atoms with Gasteiger partial charge in [-0.1, -0.05) is 5.16 Å². The van der Waals surface area contributed by atoms with Crippen molar-refractivity contribution in [3.63, 3.8) is 0 Å². The van der Waals surface area contributed by atoms with Gasteiger partial charge in [0.1, 0.15) is 11.7 Å². The molecule has 0 aliphatic heterocycles. The van der Waals surface area contributed by atoms with Gasteiger partial charge in [0.15, 0.2) is 0 Å². The highest BCUT2D eigenvalue weighted by molar-refractivity contribution is 9.10. The van der Waals surface area contributed by atoms with E-state index in [0.29, 0.717) is 12.1 Å². The molecule has 0 saturated heterocycles. The van der Waals surface area contributed by atoms with Crippen LogP contribution >= 0.6 is 15.9 Å². The molecule has 7 heteroatoms. The Bertz CT molecular complexity index is 479. The van der Waals surface area contributed by atoms with Crippen molar-refractivity contribution in [2.45, 2.75) is 6.42 Å². The number of halogens is 2. The number of amides is 1. The summed E-state index contributed by atoms with van der Waals surface area (Å²) >= 11 is 3.02. The molecule has 3 N–H and O–H groups in total. The van der Waals surface area contributed by atoms with Gasteiger partial charge in [0.2, 0.25) is 0 Å². The molecule has 98 valence electrons. The average Bonchev–Trinajstić information content (AvgIpc) is 2.37. The van der Waals surface area contributed by atoms with Gasteiger partial charge in [0.05, 0.1) is 4.47 Å². The van der Waals surface area contributed by atoms with E-state index in [1.165, 1.54) is 23.1 Å². The fourth-order valence-electron chi connectivity index (χ4n) is 1.28. The lowest BCUT2D eigenvalue weighted by molar-refractivity contribution is 0.0798. The number of hydrogen-bond acceptors (Lipinski definition) is 3. The molecule has 0 radical (unpaired) electrons. The largest absolute Gasteiger partial charge is 0.409 e. The summed E-state index contributed by atoms with van der Waals surface area (Å²) in [6.45, 7) is 0.309. The lowest BCUT2D eigenvalue weighted by atomic mass is 10.2. The summed E-state index contributed by atoms with van der Waals surface area (Å²) in [6.07, 6.45) is 0.265. The van der Waals surface area contributed by atoms with Crippen molar-refractivity contribution in [1.82, 2.24) is 4.90 Å². The molecule has 0 aliphatic carbocycles. The molecule has 18 heavy (non-hydrogen) atoms. The van der Waals surface area contributed by atoms with E-state index in [9.17, 15) is 9.18 Å². The number of nitrogens with zero attached hydrogens (tertiary/aromatic N) is 2. The van der Waals surface area contributed by atoms with E-state index in [4.69, 9.17) is 10.9 Å². The predicted octanol–water partition coefficient (Wildman–Crippen LogP) is 1.80. The number of nitrogens with two attached hydrogens (primary N) is 1. The molecule has 0 heterocycles. The van der Waals surface area contributed by atoms with Gasteiger partial charge in [-0.3, -0.25) is 4.79 Å². The minimum absolute atomic E-state index is 0.0509. The molecule has 0 aliphatic rings. The molecule has 5 nitrogen and oxygen atoms in total. The third-order valence-electron chi connectivity index (χ3n) is 2.35. The average molecular weight is 318 g/mol. The summed E-state index contributed by atoms with van der Waals surface area (Å²) in [6, 6.07) is 4.04. The first-order valence-corrected chi connectivity index (χ1v) is 5.92. The molecule has 0 unspecified atom stereocenters. The second-order valence-electron chi connectivity index (χ2n) is 3.70. The maximum absolute atomic E-state index is 13.0. The van der Waals surface area contributed by atoms with E-state index in [1.807, 2.05) is 0 Å². The third kappa shape index (κ3) is 3.69. The van der Waals surface area contributed by atoms with Crippen LogP contribution in [0.25, 0.3) is 0 Å². The Morgan fingerprint density at radius 2 is 2.28 bits per heavy atom. The first-order valence-electron chi connectivity index (χ1n) is 5.12. The molecule has 1 aromatic carbocycles. The summed E-state index contributed by atoms with van der Waals surface area (Å²) in [5, 5.41) is 11.2. The van der Waals surface area contributed by atoms with E-state index < -0.39 is 5.82 Å². The summed E-state index contributed by atoms with van der Waals surface area (Å²) < 4.78 is 13.3. The van der Waals surface area contributed by atoms with Crippen LogP contribution in [0.1, 0.15) is 16.8 Å². The molecule has 1 aromatic rings. The lowest BCUT2D eigenvalue weighted by Gasteiger charge is -2.16. The molecule has 1 rings (SSSR count). The Balaban J connectivity index is 2.71. The Kier molecular flexibility index (Phi) is 5.08. The fourth-order valence-corrected chi connectivity index (χ4v) is 1.66. The molecule has 0 atom stereocenters. The summed E-state index contributed by atoms with van der Waals surface area (Å²) in [7, 11) is 1.59. The smallest absolute Gasteiger partial charge is 0.253 e. The summed E-state index contributed by atoms with van der Waals surface area (Å²) in [5.74, 6) is -0.637. The first-order chi connectivity index (χ1) is 8.45. The van der Waals surface area contributed by atoms with Crippen molar-refractivity contribution < 1.29 is 14.4 Å². The summed E-state index contributed by atoms with van der Waals surface area (Å²) in [5.41, 5.74) is 5.68. The monoisotopic (exact) mass is 317 g/mol. The molecule has 0 bridgehead atoms. The van der Waals surface area contributed by atoms with Crippen LogP contribution < -0.4 is 5.73 Å². The minimum Gasteiger partial charge on any atom is -0.409 e. The van der Waals surface area contributed by atoms with Crippen molar-refractivity contribution in [3.8, 4) is 0 Å². The Morgan fingerprint density at radius 1 is 1.61 bits per heavy atom. The highest BCUT2D eigenvalue weighted by Gasteiger charge is 2.13. The Hall–Kier alpha value is -1.63. The van der Waals surface area contributed by atoms with Crippen molar-refractivity contribution in [2.24, 2.45) is 10.9 Å². The molecule has 0 spiro atoms. The molecular formula is C11H13BrFN3O2. The molecular weight excluding hydrogens is 305 g/mol. The van der Waals surface area contributed by atoms with Gasteiger partial charge >= 0.3 is 0 Å². The van der Waals surface area contributed by atoms with Gasteiger partial charge in [-0.15, -0.1) is 0 Å². The first kappa shape index (κ1) is 14.4. The van der Waals surface area contributed by atoms with E-state index in [-0.39, 0.29) is 22.6 Å². The number of hydrogen-bond donors (Lipinski definition) is 2. The van der Waals surface area contributed by atoms with Gasteiger partial charge < -0.3 is 15.8 Å². The van der Waals surface area contributed by atoms with E-state index in [2.05, 4.69) is 21.1 Å². The van der Waals surface area contributed by atoms with Gasteiger partial charge in [-0.2, -0.15) is 0 Å². The van der Waals surface area contributed by atoms with Crippen LogP contribution in [0.5, 0.6) is 0 Å². The maximum Gasteiger partial charge on any atom is 0.253 e. The highest BCUT2D eigenvalue weighted by Crippen LogP contribution is 2.17. The zero-order valence-electron chi connectivity index (χ0n) is 9.73. The van der Waals surface area contributed by atoms with E-state index in [1.54, 1.807) is 7.05 Å². The SMILES string of the molecule is CN(CC/C(N)=N/O)C(=O)c1ccc(F)c(Br)c1. The Morgan fingerprint density at radius 3 is 2.83 bits per heavy atom. The van der Waals surface area contributed by atoms with Crippen LogP contribution in [0, 0.1) is 5.82 Å². The number of amidine groups is 1. The molecule has 1 amide bonds. The highest BCUT2D eigenvalue weighted by atomic mass is 79.9. The van der Waals surface area contributed by atoms with E-state index in [0.717, 1.165) is 0 Å². The second kappa shape index (κ2) is 6.34. The van der Waals surface area contributed by atoms with Gasteiger partial charge in [-0.05, 0) is 34.1 Å². The van der Waals surface area contributed by atoms with Crippen LogP contribution in [0.4, 0.5) is 4.39 Å². The van der Waals surface area contributed by atoms with Crippen LogP contribution in [0.15, 0.2) is 27.8 Å². The maximum atomic E-state index is 13.0. The van der Waals surface area contributed by atoms with Crippen LogP contribution in [-0.4, -0.2) is 35.4 Å². The zero-order valence-corrected chi connectivity index (χ0v) is 11.3. The van der Waals surface area contributed by atoms with Crippen molar-refractivity contribution in [2.75, 3.05) is 13.6 Å². The molecule has 0 saturated carbocycles. The number of oxime groups is 1. The quantitative estimate of drug-likeness (QED) is 0.384. The third-order valence-corrected chi connectivity index (χ3v) is 2.95. The van der Waals surface area contributed by atoms with Crippen LogP contribution in [0.3, 0.4) is 0 Å².